The average molecular weight is 578 g/mol. The molecule has 3 N–H and O–H groups in total. The molecule has 0 saturated carbocycles. The average Bonchev–Trinajstić information content (AvgIpc) is 3.21. The van der Waals surface area contributed by atoms with E-state index in [9.17, 15) is 9.59 Å². The topological polar surface area (TPSA) is 146 Å². The number of carbonyl (C=O) groups excluding carboxylic acids is 1. The van der Waals surface area contributed by atoms with Crippen LogP contribution in [0.5, 0.6) is 0 Å². The quantitative estimate of drug-likeness (QED) is 0.297. The summed E-state index contributed by atoms with van der Waals surface area (Å²) in [6.45, 7) is 5.23. The standard InChI is InChI=1S/C31H31N9O3/c1-18-7-5-6-8-25(18)40-31(42)27(19(2)38(40)3)30(41)36-21-9-10-23(34-14-21)28-29(32)35-15-24(37-28)20-11-12-33-26(13-20)39-16-22(17-39)43-4/h5-15,22H,16-17H2,1-4H3,(H2,32,35)(H,36,41). The first-order chi connectivity index (χ1) is 20.7. The van der Waals surface area contributed by atoms with E-state index in [1.54, 1.807) is 50.3 Å². The number of methoxy groups -OCH3 is 1. The molecule has 43 heavy (non-hydrogen) atoms. The first-order valence-electron chi connectivity index (χ1n) is 13.7. The zero-order valence-electron chi connectivity index (χ0n) is 24.3. The first kappa shape index (κ1) is 27.8. The highest BCUT2D eigenvalue weighted by Crippen LogP contribution is 2.28. The van der Waals surface area contributed by atoms with E-state index in [1.165, 1.54) is 10.9 Å². The number of amides is 1. The number of nitrogens with one attached hydrogen (secondary N) is 1. The van der Waals surface area contributed by atoms with E-state index in [4.69, 9.17) is 15.5 Å². The molecule has 6 rings (SSSR count). The number of aryl methyl sites for hydroxylation is 1. The minimum absolute atomic E-state index is 0.0605. The number of aromatic nitrogens is 6. The number of carbonyl (C=O) groups is 1. The predicted molar refractivity (Wildman–Crippen MR) is 164 cm³/mol. The van der Waals surface area contributed by atoms with E-state index in [-0.39, 0.29) is 17.5 Å². The highest BCUT2D eigenvalue weighted by Gasteiger charge is 2.28. The Kier molecular flexibility index (Phi) is 7.20. The molecule has 0 bridgehead atoms. The summed E-state index contributed by atoms with van der Waals surface area (Å²) in [5, 5.41) is 2.80. The van der Waals surface area contributed by atoms with E-state index < -0.39 is 11.5 Å². The van der Waals surface area contributed by atoms with Crippen LogP contribution in [0, 0.1) is 13.8 Å². The molecular weight excluding hydrogens is 546 g/mol. The summed E-state index contributed by atoms with van der Waals surface area (Å²) in [7, 11) is 3.46. The van der Waals surface area contributed by atoms with Crippen molar-refractivity contribution in [2.45, 2.75) is 20.0 Å². The molecule has 0 atom stereocenters. The van der Waals surface area contributed by atoms with Crippen LogP contribution in [-0.2, 0) is 11.8 Å². The van der Waals surface area contributed by atoms with Gasteiger partial charge in [0.05, 0.1) is 47.0 Å². The highest BCUT2D eigenvalue weighted by atomic mass is 16.5. The van der Waals surface area contributed by atoms with Gasteiger partial charge >= 0.3 is 0 Å². The van der Waals surface area contributed by atoms with Crippen LogP contribution < -0.4 is 21.5 Å². The second-order valence-electron chi connectivity index (χ2n) is 10.4. The van der Waals surface area contributed by atoms with Gasteiger partial charge in [0.2, 0.25) is 0 Å². The molecule has 0 unspecified atom stereocenters. The normalized spacial score (nSPS) is 13.2. The summed E-state index contributed by atoms with van der Waals surface area (Å²) in [6, 6.07) is 14.7. The Balaban J connectivity index is 1.23. The Morgan fingerprint density at radius 2 is 1.81 bits per heavy atom. The molecule has 218 valence electrons. The van der Waals surface area contributed by atoms with Crippen molar-refractivity contribution in [1.29, 1.82) is 0 Å². The number of hydrogen-bond acceptors (Lipinski definition) is 9. The van der Waals surface area contributed by atoms with Crippen molar-refractivity contribution in [3.63, 3.8) is 0 Å². The number of rotatable bonds is 7. The van der Waals surface area contributed by atoms with Gasteiger partial charge < -0.3 is 20.7 Å². The van der Waals surface area contributed by atoms with E-state index in [2.05, 4.69) is 25.2 Å². The molecule has 5 aromatic rings. The van der Waals surface area contributed by atoms with Crippen molar-refractivity contribution in [2.24, 2.45) is 7.05 Å². The van der Waals surface area contributed by atoms with Crippen LogP contribution in [0.4, 0.5) is 17.3 Å². The third kappa shape index (κ3) is 5.12. The number of nitrogens with zero attached hydrogens (tertiary/aromatic N) is 7. The number of benzene rings is 1. The van der Waals surface area contributed by atoms with Crippen LogP contribution in [-0.4, -0.2) is 61.5 Å². The molecule has 0 spiro atoms. The van der Waals surface area contributed by atoms with Crippen LogP contribution >= 0.6 is 0 Å². The van der Waals surface area contributed by atoms with Crippen LogP contribution in [0.25, 0.3) is 28.3 Å². The smallest absolute Gasteiger partial charge is 0.284 e. The van der Waals surface area contributed by atoms with Crippen molar-refractivity contribution in [1.82, 2.24) is 29.3 Å². The second-order valence-corrected chi connectivity index (χ2v) is 10.4. The van der Waals surface area contributed by atoms with E-state index in [0.717, 1.165) is 30.0 Å². The monoisotopic (exact) mass is 577 g/mol. The number of pyridine rings is 2. The first-order valence-corrected chi connectivity index (χ1v) is 13.7. The van der Waals surface area contributed by atoms with Gasteiger partial charge in [0.15, 0.2) is 5.82 Å². The van der Waals surface area contributed by atoms with Gasteiger partial charge in [-0.2, -0.15) is 0 Å². The van der Waals surface area contributed by atoms with E-state index in [1.807, 2.05) is 43.3 Å². The van der Waals surface area contributed by atoms with Crippen molar-refractivity contribution in [3.05, 3.63) is 94.3 Å². The fourth-order valence-corrected chi connectivity index (χ4v) is 5.09. The minimum atomic E-state index is -0.520. The van der Waals surface area contributed by atoms with Gasteiger partial charge in [0.1, 0.15) is 17.1 Å². The summed E-state index contributed by atoms with van der Waals surface area (Å²) in [5.74, 6) is 0.543. The largest absolute Gasteiger partial charge is 0.382 e. The molecule has 1 fully saturated rings. The predicted octanol–water partition coefficient (Wildman–Crippen LogP) is 3.38. The van der Waals surface area contributed by atoms with Crippen LogP contribution in [0.3, 0.4) is 0 Å². The summed E-state index contributed by atoms with van der Waals surface area (Å²) >= 11 is 0. The molecule has 12 heteroatoms. The highest BCUT2D eigenvalue weighted by molar-refractivity contribution is 6.05. The van der Waals surface area contributed by atoms with Gasteiger partial charge in [0.25, 0.3) is 11.5 Å². The molecule has 1 saturated heterocycles. The van der Waals surface area contributed by atoms with Gasteiger partial charge in [-0.15, -0.1) is 0 Å². The molecule has 4 aromatic heterocycles. The minimum Gasteiger partial charge on any atom is -0.382 e. The number of ether oxygens (including phenoxy) is 1. The molecule has 1 aromatic carbocycles. The lowest BCUT2D eigenvalue weighted by Crippen LogP contribution is -2.52. The molecule has 1 amide bonds. The third-order valence-electron chi connectivity index (χ3n) is 7.74. The molecule has 0 radical (unpaired) electrons. The molecule has 1 aliphatic rings. The lowest BCUT2D eigenvalue weighted by molar-refractivity contribution is 0.0783. The number of hydrogen-bond donors (Lipinski definition) is 2. The SMILES string of the molecule is COC1CN(c2cc(-c3cnc(N)c(-c4ccc(NC(=O)c5c(C)n(C)n(-c6ccccc6C)c5=O)cn4)n3)ccn2)C1. The summed E-state index contributed by atoms with van der Waals surface area (Å²) in [4.78, 5) is 46.8. The maximum absolute atomic E-state index is 13.4. The Morgan fingerprint density at radius 3 is 2.53 bits per heavy atom. The summed E-state index contributed by atoms with van der Waals surface area (Å²) in [6.07, 6.45) is 5.07. The van der Waals surface area contributed by atoms with Crippen LogP contribution in [0.15, 0.2) is 71.9 Å². The number of anilines is 3. The van der Waals surface area contributed by atoms with Crippen LogP contribution in [0.1, 0.15) is 21.6 Å². The molecular formula is C31H31N9O3. The van der Waals surface area contributed by atoms with Crippen molar-refractivity contribution < 1.29 is 9.53 Å². The maximum atomic E-state index is 13.4. The van der Waals surface area contributed by atoms with Crippen molar-refractivity contribution in [3.8, 4) is 28.3 Å². The van der Waals surface area contributed by atoms with Gasteiger partial charge in [-0.1, -0.05) is 18.2 Å². The van der Waals surface area contributed by atoms with Gasteiger partial charge in [-0.3, -0.25) is 19.3 Å². The molecule has 1 aliphatic heterocycles. The lowest BCUT2D eigenvalue weighted by Gasteiger charge is -2.39. The van der Waals surface area contributed by atoms with E-state index in [0.29, 0.717) is 34.2 Å². The molecule has 12 nitrogen and oxygen atoms in total. The zero-order chi connectivity index (χ0) is 30.2. The summed E-state index contributed by atoms with van der Waals surface area (Å²) < 4.78 is 8.55. The molecule has 5 heterocycles. The third-order valence-corrected chi connectivity index (χ3v) is 7.74. The van der Waals surface area contributed by atoms with Crippen molar-refractivity contribution in [2.75, 3.05) is 36.1 Å². The summed E-state index contributed by atoms with van der Waals surface area (Å²) in [5.41, 5.74) is 10.8. The number of nitrogens with two attached hydrogens (primary N) is 1. The molecule has 0 aliphatic carbocycles. The number of para-hydroxylation sites is 1. The maximum Gasteiger partial charge on any atom is 0.284 e. The van der Waals surface area contributed by atoms with Gasteiger partial charge in [-0.25, -0.2) is 19.6 Å². The fourth-order valence-electron chi connectivity index (χ4n) is 5.09. The van der Waals surface area contributed by atoms with Gasteiger partial charge in [-0.05, 0) is 49.7 Å². The van der Waals surface area contributed by atoms with E-state index >= 15 is 0 Å². The van der Waals surface area contributed by atoms with Crippen LogP contribution in [0.2, 0.25) is 0 Å². The Labute approximate surface area is 247 Å². The lowest BCUT2D eigenvalue weighted by atomic mass is 10.1. The Bertz CT molecular complexity index is 1890. The van der Waals surface area contributed by atoms with Crippen molar-refractivity contribution >= 4 is 23.2 Å². The Hall–Kier alpha value is -5.36. The zero-order valence-corrected chi connectivity index (χ0v) is 24.3. The Morgan fingerprint density at radius 1 is 1.02 bits per heavy atom. The fraction of sp³-hybridized carbons (Fsp3) is 0.226. The number of nitrogen functional groups attached to an aromatic ring is 1. The van der Waals surface area contributed by atoms with Gasteiger partial charge in [0, 0.05) is 39.0 Å². The second kappa shape index (κ2) is 11.1.